The molecular weight excluding hydrogens is 790 g/mol. The maximum absolute atomic E-state index is 13.4. The van der Waals surface area contributed by atoms with Crippen LogP contribution in [0, 0.1) is 18.8 Å². The van der Waals surface area contributed by atoms with Crippen molar-refractivity contribution in [3.8, 4) is 0 Å². The first-order chi connectivity index (χ1) is 29.3. The van der Waals surface area contributed by atoms with Gasteiger partial charge in [-0.3, -0.25) is 19.2 Å². The summed E-state index contributed by atoms with van der Waals surface area (Å²) in [4.78, 5) is 68.3. The van der Waals surface area contributed by atoms with Crippen LogP contribution in [-0.2, 0) is 35.3 Å². The number of ether oxygens (including phenoxy) is 2. The Morgan fingerprint density at radius 2 is 1.69 bits per heavy atom. The summed E-state index contributed by atoms with van der Waals surface area (Å²) < 4.78 is 25.8. The molecule has 62 heavy (non-hydrogen) atoms. The average molecular weight is 854 g/mol. The SMILES string of the molecule is CC(=O)C(c1cccc(C)c1)n1cnc(NC(=O)[C@@H](COCc2ccccc2)NC(=O)C(C)(C)NC(=O)OC(C)(C)C)c1.CCC1CCCC(C(=O)C2=CC=C(F)C=CC2)CC1. The molecule has 3 aromatic rings. The third-order valence-electron chi connectivity index (χ3n) is 10.7. The maximum atomic E-state index is 13.4. The minimum atomic E-state index is -1.41. The van der Waals surface area contributed by atoms with E-state index in [0.29, 0.717) is 6.42 Å². The number of hydrogen-bond acceptors (Lipinski definition) is 8. The number of benzene rings is 2. The summed E-state index contributed by atoms with van der Waals surface area (Å²) in [5, 5.41) is 7.93. The number of aryl methyl sites for hydroxylation is 1. The van der Waals surface area contributed by atoms with Gasteiger partial charge >= 0.3 is 6.09 Å². The molecule has 5 rings (SSSR count). The lowest BCUT2D eigenvalue weighted by Gasteiger charge is -2.29. The number of carbonyl (C=O) groups excluding carboxylic acids is 5. The summed E-state index contributed by atoms with van der Waals surface area (Å²) >= 11 is 0. The van der Waals surface area contributed by atoms with Crippen molar-refractivity contribution in [2.24, 2.45) is 11.8 Å². The molecule has 2 aliphatic carbocycles. The number of hydrogen-bond donors (Lipinski definition) is 3. The van der Waals surface area contributed by atoms with Crippen molar-refractivity contribution in [1.29, 1.82) is 0 Å². The summed E-state index contributed by atoms with van der Waals surface area (Å²) in [7, 11) is 0. The Bertz CT molecular complexity index is 2100. The maximum Gasteiger partial charge on any atom is 0.408 e. The molecular formula is C49H64FN5O7. The molecule has 334 valence electrons. The van der Waals surface area contributed by atoms with Crippen molar-refractivity contribution in [2.75, 3.05) is 11.9 Å². The molecule has 3 unspecified atom stereocenters. The molecule has 3 amide bonds. The third kappa shape index (κ3) is 15.6. The second-order valence-corrected chi connectivity index (χ2v) is 17.6. The minimum Gasteiger partial charge on any atom is -0.444 e. The van der Waals surface area contributed by atoms with Gasteiger partial charge in [0.15, 0.2) is 17.4 Å². The number of alkyl carbamates (subject to hydrolysis) is 1. The number of ketones is 2. The van der Waals surface area contributed by atoms with Gasteiger partial charge in [0.2, 0.25) is 5.91 Å². The fraction of sp³-hybridized carbons (Fsp3) is 0.469. The Labute approximate surface area is 365 Å². The van der Waals surface area contributed by atoms with Crippen LogP contribution >= 0.6 is 0 Å². The molecule has 12 nitrogen and oxygen atoms in total. The van der Waals surface area contributed by atoms with Crippen molar-refractivity contribution in [3.63, 3.8) is 0 Å². The highest BCUT2D eigenvalue weighted by atomic mass is 19.1. The second kappa shape index (κ2) is 23.0. The lowest BCUT2D eigenvalue weighted by atomic mass is 9.89. The van der Waals surface area contributed by atoms with E-state index in [-0.39, 0.29) is 42.3 Å². The lowest BCUT2D eigenvalue weighted by molar-refractivity contribution is -0.131. The molecule has 2 aromatic carbocycles. The number of nitrogens with one attached hydrogen (secondary N) is 3. The molecule has 0 radical (unpaired) electrons. The number of allylic oxidation sites excluding steroid dienone is 6. The molecule has 0 spiro atoms. The summed E-state index contributed by atoms with van der Waals surface area (Å²) in [5.41, 5.74) is 1.30. The van der Waals surface area contributed by atoms with Crippen LogP contribution in [0.25, 0.3) is 0 Å². The number of amides is 3. The molecule has 2 aliphatic rings. The van der Waals surface area contributed by atoms with Gasteiger partial charge in [-0.1, -0.05) is 98.5 Å². The molecule has 3 N–H and O–H groups in total. The predicted molar refractivity (Wildman–Crippen MR) is 239 cm³/mol. The zero-order chi connectivity index (χ0) is 45.5. The molecule has 1 fully saturated rings. The number of nitrogens with zero attached hydrogens (tertiary/aromatic N) is 2. The largest absolute Gasteiger partial charge is 0.444 e. The van der Waals surface area contributed by atoms with Gasteiger partial charge in [0.1, 0.15) is 29.1 Å². The van der Waals surface area contributed by atoms with E-state index < -0.39 is 41.1 Å². The van der Waals surface area contributed by atoms with Crippen molar-refractivity contribution < 1.29 is 37.8 Å². The van der Waals surface area contributed by atoms with Crippen LogP contribution in [0.15, 0.2) is 103 Å². The number of halogens is 1. The van der Waals surface area contributed by atoms with E-state index in [1.54, 1.807) is 43.7 Å². The number of anilines is 1. The van der Waals surface area contributed by atoms with E-state index >= 15 is 0 Å². The van der Waals surface area contributed by atoms with E-state index in [9.17, 15) is 28.4 Å². The van der Waals surface area contributed by atoms with Gasteiger partial charge in [0.25, 0.3) is 5.91 Å². The molecule has 0 bridgehead atoms. The third-order valence-corrected chi connectivity index (χ3v) is 10.7. The van der Waals surface area contributed by atoms with Crippen LogP contribution in [0.2, 0.25) is 0 Å². The normalized spacial score (nSPS) is 17.6. The van der Waals surface area contributed by atoms with Crippen LogP contribution in [0.3, 0.4) is 0 Å². The first kappa shape index (κ1) is 49.0. The monoisotopic (exact) mass is 853 g/mol. The van der Waals surface area contributed by atoms with Gasteiger partial charge in [-0.05, 0) is 109 Å². The molecule has 0 saturated heterocycles. The Balaban J connectivity index is 0.000000368. The van der Waals surface area contributed by atoms with Crippen LogP contribution in [0.5, 0.6) is 0 Å². The van der Waals surface area contributed by atoms with E-state index in [4.69, 9.17) is 9.47 Å². The topological polar surface area (TPSA) is 158 Å². The highest BCUT2D eigenvalue weighted by molar-refractivity contribution is 5.99. The van der Waals surface area contributed by atoms with E-state index in [0.717, 1.165) is 47.4 Å². The van der Waals surface area contributed by atoms with Gasteiger partial charge in [-0.2, -0.15) is 0 Å². The number of imidazole rings is 1. The zero-order valence-electron chi connectivity index (χ0n) is 37.5. The Kier molecular flexibility index (Phi) is 18.1. The molecule has 1 saturated carbocycles. The standard InChI is InChI=1S/C32H41N5O6.C17H23FO/c1-21-12-11-15-24(16-21)27(22(2)38)37-17-26(33-20-37)35-28(39)25(19-42-18-23-13-9-8-10-14-23)34-29(40)32(6,7)36-30(41)43-31(3,4)5;1-2-13-5-3-6-14(10-9-13)17(19)15-7-4-8-16(18)12-11-15/h8-17,20,25,27H,18-19H2,1-7H3,(H,34,40)(H,35,39)(H,36,41);4,8,11-14H,2-3,5-7,9-10H2,1H3/t25-,27?;/m1./s1. The van der Waals surface area contributed by atoms with Gasteiger partial charge in [0, 0.05) is 12.1 Å². The number of carbonyl (C=O) groups is 5. The number of rotatable bonds is 15. The summed E-state index contributed by atoms with van der Waals surface area (Å²) in [6.07, 6.45) is 15.9. The molecule has 1 heterocycles. The molecule has 13 heteroatoms. The van der Waals surface area contributed by atoms with Crippen LogP contribution < -0.4 is 16.0 Å². The Morgan fingerprint density at radius 3 is 2.37 bits per heavy atom. The van der Waals surface area contributed by atoms with Crippen molar-refractivity contribution in [3.05, 3.63) is 120 Å². The van der Waals surface area contributed by atoms with Crippen molar-refractivity contribution >= 4 is 35.3 Å². The van der Waals surface area contributed by atoms with Crippen LogP contribution in [0.4, 0.5) is 15.0 Å². The van der Waals surface area contributed by atoms with Crippen molar-refractivity contribution in [2.45, 2.75) is 130 Å². The van der Waals surface area contributed by atoms with Gasteiger partial charge in [-0.25, -0.2) is 14.2 Å². The highest BCUT2D eigenvalue weighted by Crippen LogP contribution is 2.32. The summed E-state index contributed by atoms with van der Waals surface area (Å²) in [6.45, 7) is 13.9. The second-order valence-electron chi connectivity index (χ2n) is 17.6. The predicted octanol–water partition coefficient (Wildman–Crippen LogP) is 9.22. The van der Waals surface area contributed by atoms with Gasteiger partial charge in [0.05, 0.1) is 19.5 Å². The summed E-state index contributed by atoms with van der Waals surface area (Å²) in [6, 6.07) is 15.2. The van der Waals surface area contributed by atoms with E-state index in [1.165, 1.54) is 58.5 Å². The average Bonchev–Trinajstić information content (AvgIpc) is 3.37. The molecule has 1 aromatic heterocycles. The minimum absolute atomic E-state index is 0.0972. The Hall–Kier alpha value is -5.69. The molecule has 0 aliphatic heterocycles. The fourth-order valence-corrected chi connectivity index (χ4v) is 7.31. The summed E-state index contributed by atoms with van der Waals surface area (Å²) in [5.74, 6) is -0.193. The smallest absolute Gasteiger partial charge is 0.408 e. The Morgan fingerprint density at radius 1 is 0.952 bits per heavy atom. The van der Waals surface area contributed by atoms with Gasteiger partial charge in [-0.15, -0.1) is 0 Å². The van der Waals surface area contributed by atoms with Crippen molar-refractivity contribution in [1.82, 2.24) is 20.2 Å². The quantitative estimate of drug-likeness (QED) is 0.128. The van der Waals surface area contributed by atoms with Gasteiger partial charge < -0.3 is 30.0 Å². The van der Waals surface area contributed by atoms with Crippen LogP contribution in [-0.4, -0.2) is 62.8 Å². The number of aromatic nitrogens is 2. The lowest BCUT2D eigenvalue weighted by Crippen LogP contribution is -2.59. The van der Waals surface area contributed by atoms with E-state index in [2.05, 4.69) is 27.9 Å². The van der Waals surface area contributed by atoms with E-state index in [1.807, 2.05) is 61.5 Å². The fourth-order valence-electron chi connectivity index (χ4n) is 7.31. The van der Waals surface area contributed by atoms with Crippen LogP contribution in [0.1, 0.15) is 116 Å². The first-order valence-electron chi connectivity index (χ1n) is 21.5. The molecule has 4 atom stereocenters. The first-order valence-corrected chi connectivity index (χ1v) is 21.5. The zero-order valence-corrected chi connectivity index (χ0v) is 37.5. The highest BCUT2D eigenvalue weighted by Gasteiger charge is 2.35. The number of Topliss-reactive ketones (excluding diaryl/α,β-unsaturated/α-hetero) is 2.